The molecule has 3 nitrogen and oxygen atoms in total. The van der Waals surface area contributed by atoms with Gasteiger partial charge >= 0.3 is 0 Å². The highest BCUT2D eigenvalue weighted by atomic mass is 16.5. The Kier molecular flexibility index (Phi) is 7.09. The van der Waals surface area contributed by atoms with Gasteiger partial charge in [-0.25, -0.2) is 0 Å². The van der Waals surface area contributed by atoms with Crippen molar-refractivity contribution in [2.45, 2.75) is 64.5 Å². The van der Waals surface area contributed by atoms with Crippen molar-refractivity contribution in [3.8, 4) is 0 Å². The van der Waals surface area contributed by atoms with Gasteiger partial charge in [0.15, 0.2) is 0 Å². The van der Waals surface area contributed by atoms with Gasteiger partial charge in [-0.15, -0.1) is 0 Å². The summed E-state index contributed by atoms with van der Waals surface area (Å²) in [4.78, 5) is 0. The van der Waals surface area contributed by atoms with Gasteiger partial charge in [0.25, 0.3) is 0 Å². The molecule has 0 aromatic rings. The number of nitrogens with two attached hydrogens (primary N) is 1. The van der Waals surface area contributed by atoms with Gasteiger partial charge in [0.05, 0.1) is 12.7 Å². The Morgan fingerprint density at radius 1 is 1.18 bits per heavy atom. The third kappa shape index (κ3) is 5.36. The predicted octanol–water partition coefficient (Wildman–Crippen LogP) is 2.32. The molecular weight excluding hydrogens is 214 g/mol. The molecule has 1 aliphatic carbocycles. The van der Waals surface area contributed by atoms with Crippen molar-refractivity contribution in [1.29, 1.82) is 0 Å². The largest absolute Gasteiger partial charge is 0.394 e. The number of aliphatic hydroxyl groups is 1. The van der Waals surface area contributed by atoms with Gasteiger partial charge in [-0.05, 0) is 24.7 Å². The molecule has 2 atom stereocenters. The number of hydrogen-bond donors (Lipinski definition) is 2. The monoisotopic (exact) mass is 243 g/mol. The van der Waals surface area contributed by atoms with Gasteiger partial charge in [-0.3, -0.25) is 0 Å². The third-order valence-electron chi connectivity index (χ3n) is 3.90. The lowest BCUT2D eigenvalue weighted by Crippen LogP contribution is -2.43. The molecule has 102 valence electrons. The SMILES string of the molecule is CC(C)C(N)C(CO)OCC1CCCCCC1. The highest BCUT2D eigenvalue weighted by Gasteiger charge is 2.22. The average Bonchev–Trinajstić information content (AvgIpc) is 2.58. The van der Waals surface area contributed by atoms with E-state index in [1.807, 2.05) is 0 Å². The zero-order valence-electron chi connectivity index (χ0n) is 11.4. The molecule has 3 N–H and O–H groups in total. The minimum Gasteiger partial charge on any atom is -0.394 e. The lowest BCUT2D eigenvalue weighted by molar-refractivity contribution is -0.0280. The summed E-state index contributed by atoms with van der Waals surface area (Å²) in [6.45, 7) is 4.95. The zero-order valence-corrected chi connectivity index (χ0v) is 11.4. The first-order chi connectivity index (χ1) is 8.15. The Balaban J connectivity index is 2.30. The number of ether oxygens (including phenoxy) is 1. The molecule has 0 spiro atoms. The lowest BCUT2D eigenvalue weighted by Gasteiger charge is -2.27. The van der Waals surface area contributed by atoms with Gasteiger partial charge in [0, 0.05) is 12.6 Å². The van der Waals surface area contributed by atoms with E-state index in [4.69, 9.17) is 10.5 Å². The van der Waals surface area contributed by atoms with E-state index in [1.165, 1.54) is 38.5 Å². The molecule has 1 aliphatic rings. The first-order valence-electron chi connectivity index (χ1n) is 7.13. The van der Waals surface area contributed by atoms with Crippen molar-refractivity contribution in [3.63, 3.8) is 0 Å². The summed E-state index contributed by atoms with van der Waals surface area (Å²) in [6, 6.07) is -0.0641. The molecule has 0 radical (unpaired) electrons. The summed E-state index contributed by atoms with van der Waals surface area (Å²) in [5, 5.41) is 9.33. The number of rotatable bonds is 6. The van der Waals surface area contributed by atoms with Crippen LogP contribution in [0.5, 0.6) is 0 Å². The summed E-state index contributed by atoms with van der Waals surface area (Å²) >= 11 is 0. The zero-order chi connectivity index (χ0) is 12.7. The van der Waals surface area contributed by atoms with E-state index in [-0.39, 0.29) is 18.8 Å². The van der Waals surface area contributed by atoms with Crippen LogP contribution in [0.2, 0.25) is 0 Å². The normalized spacial score (nSPS) is 22.4. The molecule has 0 amide bonds. The van der Waals surface area contributed by atoms with E-state index in [0.29, 0.717) is 11.8 Å². The maximum Gasteiger partial charge on any atom is 0.0958 e. The summed E-state index contributed by atoms with van der Waals surface area (Å²) in [5.41, 5.74) is 6.03. The molecule has 0 aromatic heterocycles. The average molecular weight is 243 g/mol. The second kappa shape index (κ2) is 8.06. The van der Waals surface area contributed by atoms with E-state index in [2.05, 4.69) is 13.8 Å². The van der Waals surface area contributed by atoms with E-state index < -0.39 is 0 Å². The third-order valence-corrected chi connectivity index (χ3v) is 3.90. The van der Waals surface area contributed by atoms with Crippen LogP contribution in [-0.2, 0) is 4.74 Å². The Bertz CT molecular complexity index is 189. The minimum atomic E-state index is -0.196. The van der Waals surface area contributed by atoms with Gasteiger partial charge in [-0.2, -0.15) is 0 Å². The molecule has 0 bridgehead atoms. The lowest BCUT2D eigenvalue weighted by atomic mass is 9.99. The Labute approximate surface area is 106 Å². The van der Waals surface area contributed by atoms with E-state index in [9.17, 15) is 5.11 Å². The quantitative estimate of drug-likeness (QED) is 0.704. The fourth-order valence-electron chi connectivity index (χ4n) is 2.51. The molecule has 0 saturated heterocycles. The molecule has 0 heterocycles. The van der Waals surface area contributed by atoms with Crippen LogP contribution in [0.15, 0.2) is 0 Å². The van der Waals surface area contributed by atoms with Crippen LogP contribution in [0, 0.1) is 11.8 Å². The Morgan fingerprint density at radius 2 is 1.76 bits per heavy atom. The molecule has 3 heteroatoms. The Hall–Kier alpha value is -0.120. The van der Waals surface area contributed by atoms with Crippen LogP contribution in [-0.4, -0.2) is 30.5 Å². The van der Waals surface area contributed by atoms with Crippen LogP contribution in [0.3, 0.4) is 0 Å². The maximum atomic E-state index is 9.33. The summed E-state index contributed by atoms with van der Waals surface area (Å²) in [6.07, 6.45) is 7.74. The van der Waals surface area contributed by atoms with Crippen LogP contribution in [0.1, 0.15) is 52.4 Å². The molecule has 2 unspecified atom stereocenters. The number of hydrogen-bond acceptors (Lipinski definition) is 3. The van der Waals surface area contributed by atoms with Crippen LogP contribution in [0.4, 0.5) is 0 Å². The fraction of sp³-hybridized carbons (Fsp3) is 1.00. The topological polar surface area (TPSA) is 55.5 Å². The van der Waals surface area contributed by atoms with Gasteiger partial charge < -0.3 is 15.6 Å². The standard InChI is InChI=1S/C14H29NO2/c1-11(2)14(15)13(9-16)17-10-12-7-5-3-4-6-8-12/h11-14,16H,3-10,15H2,1-2H3. The van der Waals surface area contributed by atoms with E-state index >= 15 is 0 Å². The molecule has 1 saturated carbocycles. The van der Waals surface area contributed by atoms with Crippen molar-refractivity contribution >= 4 is 0 Å². The molecule has 0 aliphatic heterocycles. The second-order valence-electron chi connectivity index (χ2n) is 5.73. The number of aliphatic hydroxyl groups excluding tert-OH is 1. The molecule has 1 rings (SSSR count). The first-order valence-corrected chi connectivity index (χ1v) is 7.13. The van der Waals surface area contributed by atoms with Crippen molar-refractivity contribution in [1.82, 2.24) is 0 Å². The molecule has 1 fully saturated rings. The van der Waals surface area contributed by atoms with Crippen molar-refractivity contribution < 1.29 is 9.84 Å². The van der Waals surface area contributed by atoms with Gasteiger partial charge in [-0.1, -0.05) is 39.5 Å². The van der Waals surface area contributed by atoms with E-state index in [1.54, 1.807) is 0 Å². The van der Waals surface area contributed by atoms with Crippen molar-refractivity contribution in [2.75, 3.05) is 13.2 Å². The van der Waals surface area contributed by atoms with Crippen LogP contribution in [0.25, 0.3) is 0 Å². The fourth-order valence-corrected chi connectivity index (χ4v) is 2.51. The maximum absolute atomic E-state index is 9.33. The van der Waals surface area contributed by atoms with E-state index in [0.717, 1.165) is 6.61 Å². The van der Waals surface area contributed by atoms with Crippen LogP contribution >= 0.6 is 0 Å². The van der Waals surface area contributed by atoms with Crippen molar-refractivity contribution in [3.05, 3.63) is 0 Å². The van der Waals surface area contributed by atoms with Crippen molar-refractivity contribution in [2.24, 2.45) is 17.6 Å². The summed E-state index contributed by atoms with van der Waals surface area (Å²) in [7, 11) is 0. The van der Waals surface area contributed by atoms with Gasteiger partial charge in [0.2, 0.25) is 0 Å². The molecule has 17 heavy (non-hydrogen) atoms. The smallest absolute Gasteiger partial charge is 0.0958 e. The Morgan fingerprint density at radius 3 is 2.24 bits per heavy atom. The van der Waals surface area contributed by atoms with Crippen LogP contribution < -0.4 is 5.73 Å². The highest BCUT2D eigenvalue weighted by molar-refractivity contribution is 4.76. The second-order valence-corrected chi connectivity index (χ2v) is 5.73. The molecule has 0 aromatic carbocycles. The summed E-state index contributed by atoms with van der Waals surface area (Å²) < 4.78 is 5.83. The predicted molar refractivity (Wildman–Crippen MR) is 70.8 cm³/mol. The minimum absolute atomic E-state index is 0.0338. The molecular formula is C14H29NO2. The van der Waals surface area contributed by atoms with Gasteiger partial charge in [0.1, 0.15) is 0 Å². The summed E-state index contributed by atoms with van der Waals surface area (Å²) in [5.74, 6) is 1.02. The first kappa shape index (κ1) is 14.9. The highest BCUT2D eigenvalue weighted by Crippen LogP contribution is 2.23.